The Labute approximate surface area is 247 Å². The molecule has 0 radical (unpaired) electrons. The first-order chi connectivity index (χ1) is 18.6. The van der Waals surface area contributed by atoms with Crippen LogP contribution in [-0.4, -0.2) is 48.0 Å². The van der Waals surface area contributed by atoms with E-state index in [1.54, 1.807) is 36.4 Å². The van der Waals surface area contributed by atoms with Crippen molar-refractivity contribution >= 4 is 81.4 Å². The van der Waals surface area contributed by atoms with Crippen molar-refractivity contribution in [3.63, 3.8) is 0 Å². The molecule has 1 saturated heterocycles. The van der Waals surface area contributed by atoms with Crippen molar-refractivity contribution in [2.75, 3.05) is 36.4 Å². The van der Waals surface area contributed by atoms with E-state index in [1.165, 1.54) is 12.2 Å². The Morgan fingerprint density at radius 1 is 0.974 bits per heavy atom. The Kier molecular flexibility index (Phi) is 9.56. The fraction of sp³-hybridized carbons (Fsp3) is 0.250. The predicted octanol–water partition coefficient (Wildman–Crippen LogP) is 6.74. The van der Waals surface area contributed by atoms with Crippen LogP contribution in [0.25, 0.3) is 17.4 Å². The van der Waals surface area contributed by atoms with E-state index in [2.05, 4.69) is 15.5 Å². The first-order valence-electron chi connectivity index (χ1n) is 12.3. The molecular weight excluding hydrogens is 579 g/mol. The number of rotatable bonds is 6. The van der Waals surface area contributed by atoms with E-state index in [0.29, 0.717) is 58.5 Å². The van der Waals surface area contributed by atoms with E-state index >= 15 is 0 Å². The number of halogens is 3. The number of piperazine rings is 1. The summed E-state index contributed by atoms with van der Waals surface area (Å²) in [5, 5.41) is 7.25. The summed E-state index contributed by atoms with van der Waals surface area (Å²) in [5.74, 6) is 0.785. The Balaban J connectivity index is 1.29. The van der Waals surface area contributed by atoms with Crippen molar-refractivity contribution in [3.05, 3.63) is 75.4 Å². The second-order valence-electron chi connectivity index (χ2n) is 9.27. The summed E-state index contributed by atoms with van der Waals surface area (Å²) < 4.78 is 5.76. The molecule has 4 rings (SSSR count). The highest BCUT2D eigenvalue weighted by Crippen LogP contribution is 2.30. The fourth-order valence-corrected chi connectivity index (χ4v) is 5.19. The van der Waals surface area contributed by atoms with Crippen LogP contribution in [0.4, 0.5) is 11.4 Å². The van der Waals surface area contributed by atoms with Crippen molar-refractivity contribution in [2.24, 2.45) is 5.92 Å². The van der Waals surface area contributed by atoms with Crippen LogP contribution in [0, 0.1) is 5.92 Å². The maximum absolute atomic E-state index is 12.4. The molecule has 2 N–H and O–H groups in total. The van der Waals surface area contributed by atoms with E-state index in [-0.39, 0.29) is 16.9 Å². The summed E-state index contributed by atoms with van der Waals surface area (Å²) in [6.45, 7) is 6.55. The summed E-state index contributed by atoms with van der Waals surface area (Å²) in [5.41, 5.74) is 2.26. The number of anilines is 2. The predicted molar refractivity (Wildman–Crippen MR) is 163 cm³/mol. The van der Waals surface area contributed by atoms with Crippen LogP contribution in [0.1, 0.15) is 19.6 Å². The average Bonchev–Trinajstić information content (AvgIpc) is 3.36. The van der Waals surface area contributed by atoms with Gasteiger partial charge in [-0.25, -0.2) is 0 Å². The molecule has 11 heteroatoms. The van der Waals surface area contributed by atoms with Crippen molar-refractivity contribution in [1.29, 1.82) is 0 Å². The molecule has 204 valence electrons. The number of carbonyl (C=O) groups is 2. The van der Waals surface area contributed by atoms with Gasteiger partial charge in [-0.2, -0.15) is 0 Å². The molecule has 0 bridgehead atoms. The number of nitrogens with zero attached hydrogens (tertiary/aromatic N) is 2. The van der Waals surface area contributed by atoms with E-state index < -0.39 is 5.91 Å². The van der Waals surface area contributed by atoms with Crippen LogP contribution >= 0.6 is 47.0 Å². The molecule has 1 aromatic heterocycles. The molecule has 1 aliphatic heterocycles. The minimum Gasteiger partial charge on any atom is -0.457 e. The second kappa shape index (κ2) is 12.9. The molecule has 0 spiro atoms. The van der Waals surface area contributed by atoms with Gasteiger partial charge in [-0.3, -0.25) is 14.9 Å². The van der Waals surface area contributed by atoms with E-state index in [0.717, 1.165) is 11.3 Å². The normalized spacial score (nSPS) is 13.7. The number of thiocarbonyl (C=S) groups is 1. The number of hydrogen-bond donors (Lipinski definition) is 2. The molecule has 2 amide bonds. The largest absolute Gasteiger partial charge is 0.457 e. The molecule has 0 aliphatic carbocycles. The molecule has 0 unspecified atom stereocenters. The molecule has 39 heavy (non-hydrogen) atoms. The smallest absolute Gasteiger partial charge is 0.250 e. The van der Waals surface area contributed by atoms with Gasteiger partial charge in [0, 0.05) is 59.5 Å². The quantitative estimate of drug-likeness (QED) is 0.239. The SMILES string of the molecule is CC(C)C(=O)N1CCN(c2ccc(NC(=S)NC(=O)/C=C/c3ccc(-c4cc(Cl)cc(Cl)c4)o3)cc2Cl)CC1. The third-order valence-electron chi connectivity index (χ3n) is 6.04. The third-order valence-corrected chi connectivity index (χ3v) is 6.98. The molecule has 2 heterocycles. The number of hydrogen-bond acceptors (Lipinski definition) is 5. The van der Waals surface area contributed by atoms with Gasteiger partial charge in [-0.1, -0.05) is 48.7 Å². The fourth-order valence-electron chi connectivity index (χ4n) is 4.14. The maximum atomic E-state index is 12.4. The minimum absolute atomic E-state index is 0.0110. The van der Waals surface area contributed by atoms with Crippen LogP contribution < -0.4 is 15.5 Å². The second-order valence-corrected chi connectivity index (χ2v) is 11.0. The van der Waals surface area contributed by atoms with Crippen LogP contribution in [0.2, 0.25) is 15.1 Å². The van der Waals surface area contributed by atoms with Crippen molar-refractivity contribution in [3.8, 4) is 11.3 Å². The van der Waals surface area contributed by atoms with Crippen molar-refractivity contribution in [2.45, 2.75) is 13.8 Å². The summed E-state index contributed by atoms with van der Waals surface area (Å²) in [4.78, 5) is 28.6. The van der Waals surface area contributed by atoms with Crippen molar-refractivity contribution in [1.82, 2.24) is 10.2 Å². The Morgan fingerprint density at radius 3 is 2.31 bits per heavy atom. The summed E-state index contributed by atoms with van der Waals surface area (Å²) in [6, 6.07) is 14.1. The topological polar surface area (TPSA) is 77.8 Å². The Bertz CT molecular complexity index is 1390. The Morgan fingerprint density at radius 2 is 1.67 bits per heavy atom. The molecule has 2 aromatic carbocycles. The van der Waals surface area contributed by atoms with E-state index in [4.69, 9.17) is 51.4 Å². The molecule has 0 atom stereocenters. The molecule has 7 nitrogen and oxygen atoms in total. The highest BCUT2D eigenvalue weighted by Gasteiger charge is 2.24. The number of nitrogens with one attached hydrogen (secondary N) is 2. The van der Waals surface area contributed by atoms with Gasteiger partial charge in [0.1, 0.15) is 11.5 Å². The maximum Gasteiger partial charge on any atom is 0.250 e. The third kappa shape index (κ3) is 7.76. The minimum atomic E-state index is -0.423. The number of benzene rings is 2. The lowest BCUT2D eigenvalue weighted by Gasteiger charge is -2.37. The number of furan rings is 1. The van der Waals surface area contributed by atoms with E-state index in [1.807, 2.05) is 30.9 Å². The average molecular weight is 606 g/mol. The summed E-state index contributed by atoms with van der Waals surface area (Å²) in [6.07, 6.45) is 2.86. The molecule has 1 aliphatic rings. The van der Waals surface area contributed by atoms with Gasteiger partial charge in [0.15, 0.2) is 5.11 Å². The Hall–Kier alpha value is -3.04. The lowest BCUT2D eigenvalue weighted by atomic mass is 10.1. The zero-order valence-electron chi connectivity index (χ0n) is 21.3. The van der Waals surface area contributed by atoms with Crippen LogP contribution in [0.5, 0.6) is 0 Å². The van der Waals surface area contributed by atoms with Gasteiger partial charge in [-0.05, 0) is 66.8 Å². The van der Waals surface area contributed by atoms with Crippen LogP contribution in [0.15, 0.2) is 59.0 Å². The van der Waals surface area contributed by atoms with Crippen molar-refractivity contribution < 1.29 is 14.0 Å². The lowest BCUT2D eigenvalue weighted by molar-refractivity contribution is -0.134. The molecule has 3 aromatic rings. The zero-order valence-corrected chi connectivity index (χ0v) is 24.4. The van der Waals surface area contributed by atoms with E-state index in [9.17, 15) is 9.59 Å². The van der Waals surface area contributed by atoms with Crippen LogP contribution in [0.3, 0.4) is 0 Å². The van der Waals surface area contributed by atoms with Gasteiger partial charge in [-0.15, -0.1) is 0 Å². The van der Waals surface area contributed by atoms with Gasteiger partial charge in [0.2, 0.25) is 11.8 Å². The summed E-state index contributed by atoms with van der Waals surface area (Å²) in [7, 11) is 0. The molecular formula is C28H27Cl3N4O3S. The number of amides is 2. The standard InChI is InChI=1S/C28H27Cl3N4O3S/c1-17(2)27(37)35-11-9-34(10-12-35)24-6-3-21(16-23(24)31)32-28(39)33-26(36)8-5-22-4-7-25(38-22)18-13-19(29)15-20(30)14-18/h3-8,13-17H,9-12H2,1-2H3,(H2,32,33,36,39)/b8-5+. The molecule has 0 saturated carbocycles. The van der Waals surface area contributed by atoms with Gasteiger partial charge in [0.05, 0.1) is 10.7 Å². The lowest BCUT2D eigenvalue weighted by Crippen LogP contribution is -2.50. The highest BCUT2D eigenvalue weighted by atomic mass is 35.5. The number of carbonyl (C=O) groups excluding carboxylic acids is 2. The van der Waals surface area contributed by atoms with Crippen LogP contribution in [-0.2, 0) is 9.59 Å². The van der Waals surface area contributed by atoms with Gasteiger partial charge in [0.25, 0.3) is 0 Å². The summed E-state index contributed by atoms with van der Waals surface area (Å²) >= 11 is 23.9. The van der Waals surface area contributed by atoms with Gasteiger partial charge < -0.3 is 19.5 Å². The van der Waals surface area contributed by atoms with Gasteiger partial charge >= 0.3 is 0 Å². The zero-order chi connectivity index (χ0) is 28.1. The first kappa shape index (κ1) is 29.0. The first-order valence-corrected chi connectivity index (χ1v) is 13.8. The highest BCUT2D eigenvalue weighted by molar-refractivity contribution is 7.80. The molecule has 1 fully saturated rings. The monoisotopic (exact) mass is 604 g/mol.